The molecule has 2 aromatic rings. The summed E-state index contributed by atoms with van der Waals surface area (Å²) < 4.78 is 3.07. The van der Waals surface area contributed by atoms with Crippen LogP contribution >= 0.6 is 15.9 Å². The average Bonchev–Trinajstić information content (AvgIpc) is 2.99. The van der Waals surface area contributed by atoms with Crippen molar-refractivity contribution in [3.8, 4) is 11.3 Å². The van der Waals surface area contributed by atoms with E-state index in [0.29, 0.717) is 6.04 Å². The molecule has 94 valence electrons. The summed E-state index contributed by atoms with van der Waals surface area (Å²) >= 11 is 3.46. The van der Waals surface area contributed by atoms with Crippen LogP contribution in [0.1, 0.15) is 24.6 Å². The molecule has 3 nitrogen and oxygen atoms in total. The van der Waals surface area contributed by atoms with Crippen molar-refractivity contribution >= 4 is 15.9 Å². The molecule has 1 aliphatic heterocycles. The van der Waals surface area contributed by atoms with Gasteiger partial charge in [-0.2, -0.15) is 5.10 Å². The first kappa shape index (κ1) is 11.9. The predicted octanol–water partition coefficient (Wildman–Crippen LogP) is 3.27. The highest BCUT2D eigenvalue weighted by atomic mass is 79.9. The number of halogens is 1. The van der Waals surface area contributed by atoms with Crippen LogP contribution in [0.15, 0.2) is 34.8 Å². The lowest BCUT2D eigenvalue weighted by Crippen LogP contribution is -2.13. The molecule has 1 fully saturated rings. The number of hydrogen-bond acceptors (Lipinski definition) is 2. The Morgan fingerprint density at radius 1 is 1.33 bits per heavy atom. The van der Waals surface area contributed by atoms with Crippen molar-refractivity contribution in [3.05, 3.63) is 40.5 Å². The Hall–Kier alpha value is -1.13. The molecule has 0 bridgehead atoms. The van der Waals surface area contributed by atoms with Crippen molar-refractivity contribution in [2.24, 2.45) is 7.05 Å². The van der Waals surface area contributed by atoms with Crippen molar-refractivity contribution < 1.29 is 0 Å². The summed E-state index contributed by atoms with van der Waals surface area (Å²) in [4.78, 5) is 0. The number of rotatable bonds is 2. The van der Waals surface area contributed by atoms with Crippen molar-refractivity contribution in [2.45, 2.75) is 18.9 Å². The standard InChI is InChI=1S/C14H16BrN3/c1-18-14(10-4-6-11(15)7-5-10)9-13(17-18)12-3-2-8-16-12/h4-7,9,12,16H,2-3,8H2,1H3. The topological polar surface area (TPSA) is 29.9 Å². The molecule has 1 aromatic carbocycles. The van der Waals surface area contributed by atoms with Gasteiger partial charge in [0.25, 0.3) is 0 Å². The van der Waals surface area contributed by atoms with Crippen molar-refractivity contribution in [1.82, 2.24) is 15.1 Å². The Kier molecular flexibility index (Phi) is 3.22. The molecular weight excluding hydrogens is 290 g/mol. The molecule has 1 atom stereocenters. The summed E-state index contributed by atoms with van der Waals surface area (Å²) in [6.07, 6.45) is 2.44. The molecular formula is C14H16BrN3. The third-order valence-corrected chi connectivity index (χ3v) is 3.98. The lowest BCUT2D eigenvalue weighted by molar-refractivity contribution is 0.607. The van der Waals surface area contributed by atoms with Crippen molar-refractivity contribution in [2.75, 3.05) is 6.54 Å². The third kappa shape index (κ3) is 2.22. The van der Waals surface area contributed by atoms with Gasteiger partial charge in [-0.15, -0.1) is 0 Å². The Balaban J connectivity index is 1.94. The number of benzene rings is 1. The summed E-state index contributed by atoms with van der Waals surface area (Å²) in [5, 5.41) is 8.12. The lowest BCUT2D eigenvalue weighted by atomic mass is 10.1. The summed E-state index contributed by atoms with van der Waals surface area (Å²) in [7, 11) is 2.01. The molecule has 3 rings (SSSR count). The smallest absolute Gasteiger partial charge is 0.0800 e. The van der Waals surface area contributed by atoms with E-state index >= 15 is 0 Å². The van der Waals surface area contributed by atoms with Crippen molar-refractivity contribution in [1.29, 1.82) is 0 Å². The van der Waals surface area contributed by atoms with Crippen LogP contribution in [0.3, 0.4) is 0 Å². The first-order valence-corrected chi connectivity index (χ1v) is 7.06. The Labute approximate surface area is 115 Å². The zero-order valence-corrected chi connectivity index (χ0v) is 11.9. The molecule has 18 heavy (non-hydrogen) atoms. The third-order valence-electron chi connectivity index (χ3n) is 3.46. The maximum atomic E-state index is 4.63. The van der Waals surface area contributed by atoms with Crippen LogP contribution in [-0.2, 0) is 7.05 Å². The molecule has 0 aliphatic carbocycles. The van der Waals surface area contributed by atoms with Gasteiger partial charge in [0.15, 0.2) is 0 Å². The highest BCUT2D eigenvalue weighted by molar-refractivity contribution is 9.10. The van der Waals surface area contributed by atoms with Crippen LogP contribution in [0.4, 0.5) is 0 Å². The summed E-state index contributed by atoms with van der Waals surface area (Å²) in [5.74, 6) is 0. The van der Waals surface area contributed by atoms with Crippen molar-refractivity contribution in [3.63, 3.8) is 0 Å². The minimum absolute atomic E-state index is 0.431. The predicted molar refractivity (Wildman–Crippen MR) is 76.3 cm³/mol. The summed E-state index contributed by atoms with van der Waals surface area (Å²) in [5.41, 5.74) is 3.54. The minimum atomic E-state index is 0.431. The minimum Gasteiger partial charge on any atom is -0.309 e. The second-order valence-electron chi connectivity index (χ2n) is 4.73. The van der Waals surface area contributed by atoms with E-state index in [4.69, 9.17) is 0 Å². The molecule has 4 heteroatoms. The molecule has 0 amide bonds. The zero-order chi connectivity index (χ0) is 12.5. The molecule has 1 unspecified atom stereocenters. The monoisotopic (exact) mass is 305 g/mol. The molecule has 2 heterocycles. The van der Waals surface area contributed by atoms with Crippen LogP contribution < -0.4 is 5.32 Å². The van der Waals surface area contributed by atoms with Gasteiger partial charge in [-0.1, -0.05) is 28.1 Å². The van der Waals surface area contributed by atoms with E-state index < -0.39 is 0 Å². The second-order valence-corrected chi connectivity index (χ2v) is 5.65. The molecule has 1 saturated heterocycles. The molecule has 1 aromatic heterocycles. The highest BCUT2D eigenvalue weighted by Gasteiger charge is 2.20. The van der Waals surface area contributed by atoms with Crippen LogP contribution in [0.25, 0.3) is 11.3 Å². The largest absolute Gasteiger partial charge is 0.309 e. The molecule has 1 aliphatic rings. The van der Waals surface area contributed by atoms with E-state index in [-0.39, 0.29) is 0 Å². The van der Waals surface area contributed by atoms with E-state index in [1.54, 1.807) is 0 Å². The van der Waals surface area contributed by atoms with Crippen LogP contribution in [-0.4, -0.2) is 16.3 Å². The average molecular weight is 306 g/mol. The van der Waals surface area contributed by atoms with Gasteiger partial charge < -0.3 is 5.32 Å². The van der Waals surface area contributed by atoms with Gasteiger partial charge in [0.05, 0.1) is 17.4 Å². The van der Waals surface area contributed by atoms with E-state index in [9.17, 15) is 0 Å². The maximum Gasteiger partial charge on any atom is 0.0800 e. The number of hydrogen-bond donors (Lipinski definition) is 1. The van der Waals surface area contributed by atoms with Gasteiger partial charge in [-0.05, 0) is 43.1 Å². The van der Waals surface area contributed by atoms with Gasteiger partial charge in [0, 0.05) is 11.5 Å². The SMILES string of the molecule is Cn1nc(C2CCCN2)cc1-c1ccc(Br)cc1. The zero-order valence-electron chi connectivity index (χ0n) is 10.4. The summed E-state index contributed by atoms with van der Waals surface area (Å²) in [6.45, 7) is 1.11. The summed E-state index contributed by atoms with van der Waals surface area (Å²) in [6, 6.07) is 11.0. The fraction of sp³-hybridized carbons (Fsp3) is 0.357. The number of aryl methyl sites for hydroxylation is 1. The van der Waals surface area contributed by atoms with Gasteiger partial charge in [-0.3, -0.25) is 4.68 Å². The maximum absolute atomic E-state index is 4.63. The molecule has 1 N–H and O–H groups in total. The second kappa shape index (κ2) is 4.86. The number of aromatic nitrogens is 2. The van der Waals surface area contributed by atoms with Gasteiger partial charge in [0.2, 0.25) is 0 Å². The molecule has 0 spiro atoms. The fourth-order valence-corrected chi connectivity index (χ4v) is 2.75. The van der Waals surface area contributed by atoms with E-state index in [0.717, 1.165) is 16.7 Å². The van der Waals surface area contributed by atoms with Gasteiger partial charge in [-0.25, -0.2) is 0 Å². The van der Waals surface area contributed by atoms with Crippen LogP contribution in [0.2, 0.25) is 0 Å². The lowest BCUT2D eigenvalue weighted by Gasteiger charge is -2.04. The van der Waals surface area contributed by atoms with E-state index in [1.807, 2.05) is 11.7 Å². The molecule has 0 radical (unpaired) electrons. The van der Waals surface area contributed by atoms with E-state index in [1.165, 1.54) is 24.1 Å². The van der Waals surface area contributed by atoms with Gasteiger partial charge in [0.1, 0.15) is 0 Å². The molecule has 0 saturated carbocycles. The Bertz CT molecular complexity index is 539. The Morgan fingerprint density at radius 3 is 2.78 bits per heavy atom. The number of nitrogens with one attached hydrogen (secondary N) is 1. The first-order valence-electron chi connectivity index (χ1n) is 6.27. The highest BCUT2D eigenvalue weighted by Crippen LogP contribution is 2.27. The normalized spacial score (nSPS) is 19.3. The number of nitrogens with zero attached hydrogens (tertiary/aromatic N) is 2. The van der Waals surface area contributed by atoms with Gasteiger partial charge >= 0.3 is 0 Å². The fourth-order valence-electron chi connectivity index (χ4n) is 2.49. The quantitative estimate of drug-likeness (QED) is 0.923. The van der Waals surface area contributed by atoms with E-state index in [2.05, 4.69) is 56.7 Å². The first-order chi connectivity index (χ1) is 8.74. The van der Waals surface area contributed by atoms with Crippen LogP contribution in [0.5, 0.6) is 0 Å². The Morgan fingerprint density at radius 2 is 2.11 bits per heavy atom. The van der Waals surface area contributed by atoms with Crippen LogP contribution in [0, 0.1) is 0 Å².